The zero-order valence-electron chi connectivity index (χ0n) is 18.1. The molecular weight excluding hydrogens is 401 g/mol. The zero-order chi connectivity index (χ0) is 22.2. The summed E-state index contributed by atoms with van der Waals surface area (Å²) in [4.78, 5) is 14.1. The van der Waals surface area contributed by atoms with Crippen molar-refractivity contribution in [3.8, 4) is 0 Å². The number of H-pyrrole nitrogens is 1. The Labute approximate surface area is 180 Å². The van der Waals surface area contributed by atoms with Gasteiger partial charge in [-0.15, -0.1) is 0 Å². The van der Waals surface area contributed by atoms with Crippen LogP contribution < -0.4 is 0 Å². The number of hydrogen-bond donors (Lipinski definition) is 1. The number of allylic oxidation sites excluding steroid dienone is 2. The number of halogens is 3. The first-order chi connectivity index (χ1) is 14.8. The van der Waals surface area contributed by atoms with E-state index < -0.39 is 11.7 Å². The van der Waals surface area contributed by atoms with E-state index in [1.807, 2.05) is 20.2 Å². The van der Waals surface area contributed by atoms with Crippen molar-refractivity contribution in [1.82, 2.24) is 9.88 Å². The van der Waals surface area contributed by atoms with Crippen LogP contribution in [-0.2, 0) is 0 Å². The summed E-state index contributed by atoms with van der Waals surface area (Å²) in [5.74, 6) is 0.460. The Bertz CT molecular complexity index is 1100. The van der Waals surface area contributed by atoms with Gasteiger partial charge in [-0.05, 0) is 53.1 Å². The van der Waals surface area contributed by atoms with Gasteiger partial charge in [0, 0.05) is 56.1 Å². The number of aromatic amines is 1. The van der Waals surface area contributed by atoms with Crippen molar-refractivity contribution in [2.75, 3.05) is 20.1 Å². The van der Waals surface area contributed by atoms with Crippen LogP contribution >= 0.6 is 0 Å². The highest BCUT2D eigenvalue weighted by Crippen LogP contribution is 2.35. The molecule has 0 spiro atoms. The van der Waals surface area contributed by atoms with Gasteiger partial charge in [-0.3, -0.25) is 4.99 Å². The molecule has 1 aromatic heterocycles. The first-order valence-electron chi connectivity index (χ1n) is 10.7. The molecule has 2 aliphatic rings. The highest BCUT2D eigenvalue weighted by molar-refractivity contribution is 6.08. The molecule has 7 heteroatoms. The number of hydrogen-bond acceptors (Lipinski definition) is 3. The number of aromatic nitrogens is 1. The van der Waals surface area contributed by atoms with Crippen LogP contribution in [0.25, 0.3) is 16.5 Å². The Morgan fingerprint density at radius 2 is 2.10 bits per heavy atom. The molecule has 2 aromatic rings. The number of rotatable bonds is 2. The van der Waals surface area contributed by atoms with Crippen molar-refractivity contribution >= 4 is 28.0 Å². The van der Waals surface area contributed by atoms with E-state index >= 15 is 0 Å². The number of likely N-dealkylation sites (tertiary alicyclic amines) is 1. The van der Waals surface area contributed by atoms with E-state index in [2.05, 4.69) is 51.1 Å². The van der Waals surface area contributed by atoms with Gasteiger partial charge in [0.1, 0.15) is 5.84 Å². The van der Waals surface area contributed by atoms with Crippen molar-refractivity contribution in [1.29, 1.82) is 0 Å². The van der Waals surface area contributed by atoms with Crippen molar-refractivity contribution in [3.05, 3.63) is 53.4 Å². The topological polar surface area (TPSA) is 43.8 Å². The van der Waals surface area contributed by atoms with Gasteiger partial charge in [0.15, 0.2) is 0 Å². The molecule has 1 fully saturated rings. The minimum Gasteiger partial charge on any atom is -0.361 e. The van der Waals surface area contributed by atoms with Crippen molar-refractivity contribution in [3.63, 3.8) is 0 Å². The SMILES string of the molecule is CC/C(=C1/CN(C2=NC=C(C(F)(F)F)CC2C)CCC1=NC)c1ccc2[nH]ccc2c1. The molecule has 0 bridgehead atoms. The molecule has 4 nitrogen and oxygen atoms in total. The van der Waals surface area contributed by atoms with Gasteiger partial charge in [-0.1, -0.05) is 19.9 Å². The van der Waals surface area contributed by atoms with E-state index in [4.69, 9.17) is 0 Å². The lowest BCUT2D eigenvalue weighted by Crippen LogP contribution is -2.44. The summed E-state index contributed by atoms with van der Waals surface area (Å²) in [6, 6.07) is 8.45. The molecule has 1 aromatic carbocycles. The summed E-state index contributed by atoms with van der Waals surface area (Å²) in [6.07, 6.45) is 0.187. The molecule has 1 saturated heterocycles. The number of fused-ring (bicyclic) bond motifs is 1. The number of nitrogens with one attached hydrogen (secondary N) is 1. The van der Waals surface area contributed by atoms with E-state index in [1.165, 1.54) is 5.57 Å². The van der Waals surface area contributed by atoms with Gasteiger partial charge >= 0.3 is 6.18 Å². The average molecular weight is 429 g/mol. The zero-order valence-corrected chi connectivity index (χ0v) is 18.1. The molecule has 1 unspecified atom stereocenters. The predicted molar refractivity (Wildman–Crippen MR) is 120 cm³/mol. The summed E-state index contributed by atoms with van der Waals surface area (Å²) in [5.41, 5.74) is 5.15. The lowest BCUT2D eigenvalue weighted by atomic mass is 9.89. The Morgan fingerprint density at radius 1 is 1.29 bits per heavy atom. The van der Waals surface area contributed by atoms with Crippen molar-refractivity contribution < 1.29 is 13.2 Å². The Kier molecular flexibility index (Phi) is 5.77. The van der Waals surface area contributed by atoms with Crippen LogP contribution in [0.2, 0.25) is 0 Å². The van der Waals surface area contributed by atoms with E-state index in [0.717, 1.165) is 52.6 Å². The number of piperidine rings is 1. The lowest BCUT2D eigenvalue weighted by Gasteiger charge is -2.37. The highest BCUT2D eigenvalue weighted by atomic mass is 19.4. The fourth-order valence-electron chi connectivity index (χ4n) is 4.62. The maximum atomic E-state index is 13.1. The molecule has 2 aliphatic heterocycles. The van der Waals surface area contributed by atoms with Crippen LogP contribution in [-0.4, -0.2) is 47.7 Å². The fraction of sp³-hybridized carbons (Fsp3) is 0.417. The Morgan fingerprint density at radius 3 is 2.77 bits per heavy atom. The van der Waals surface area contributed by atoms with Crippen LogP contribution in [0.4, 0.5) is 13.2 Å². The molecule has 0 saturated carbocycles. The maximum absolute atomic E-state index is 13.1. The third-order valence-corrected chi connectivity index (χ3v) is 6.21. The molecule has 1 N–H and O–H groups in total. The lowest BCUT2D eigenvalue weighted by molar-refractivity contribution is -0.0951. The van der Waals surface area contributed by atoms with Gasteiger partial charge in [-0.25, -0.2) is 4.99 Å². The first-order valence-corrected chi connectivity index (χ1v) is 10.7. The molecule has 0 radical (unpaired) electrons. The average Bonchev–Trinajstić information content (AvgIpc) is 3.21. The highest BCUT2D eigenvalue weighted by Gasteiger charge is 2.38. The maximum Gasteiger partial charge on any atom is 0.414 e. The third kappa shape index (κ3) is 4.18. The van der Waals surface area contributed by atoms with Crippen LogP contribution in [0.3, 0.4) is 0 Å². The Balaban J connectivity index is 1.71. The number of benzene rings is 1. The number of alkyl halides is 3. The van der Waals surface area contributed by atoms with E-state index in [-0.39, 0.29) is 12.3 Å². The van der Waals surface area contributed by atoms with Crippen LogP contribution in [0, 0.1) is 5.92 Å². The molecule has 1 atom stereocenters. The Hall–Kier alpha value is -2.83. The van der Waals surface area contributed by atoms with E-state index in [9.17, 15) is 13.2 Å². The van der Waals surface area contributed by atoms with E-state index in [0.29, 0.717) is 13.1 Å². The summed E-state index contributed by atoms with van der Waals surface area (Å²) in [7, 11) is 1.81. The monoisotopic (exact) mass is 428 g/mol. The summed E-state index contributed by atoms with van der Waals surface area (Å²) >= 11 is 0. The minimum absolute atomic E-state index is 0.0304. The van der Waals surface area contributed by atoms with Gasteiger partial charge in [-0.2, -0.15) is 13.2 Å². The second-order valence-corrected chi connectivity index (χ2v) is 8.18. The number of aliphatic imine (C=N–C) groups is 2. The van der Waals surface area contributed by atoms with Gasteiger partial charge in [0.25, 0.3) is 0 Å². The van der Waals surface area contributed by atoms with Gasteiger partial charge in [0.2, 0.25) is 0 Å². The molecule has 0 amide bonds. The minimum atomic E-state index is -4.31. The second-order valence-electron chi connectivity index (χ2n) is 8.18. The summed E-state index contributed by atoms with van der Waals surface area (Å²) in [6.45, 7) is 5.28. The molecule has 164 valence electrons. The predicted octanol–water partition coefficient (Wildman–Crippen LogP) is 5.99. The van der Waals surface area contributed by atoms with Crippen LogP contribution in [0.1, 0.15) is 38.7 Å². The standard InChI is InChI=1S/C24H27F3N4/c1-4-19(16-5-6-21-17(12-16)7-9-29-21)20-14-31(10-8-22(20)28-3)23-15(2)11-18(13-30-23)24(25,26)27/h5-7,9,12-13,15,29H,4,8,10-11,14H2,1-3H3/b20-19+,28-22?. The van der Waals surface area contributed by atoms with Crippen molar-refractivity contribution in [2.45, 2.75) is 39.3 Å². The smallest absolute Gasteiger partial charge is 0.361 e. The first kappa shape index (κ1) is 21.4. The normalized spacial score (nSPS) is 23.2. The summed E-state index contributed by atoms with van der Waals surface area (Å²) in [5, 5.41) is 1.15. The van der Waals surface area contributed by atoms with Crippen LogP contribution in [0.5, 0.6) is 0 Å². The molecule has 0 aliphatic carbocycles. The number of amidine groups is 1. The third-order valence-electron chi connectivity index (χ3n) is 6.21. The van der Waals surface area contributed by atoms with Crippen LogP contribution in [0.15, 0.2) is 57.8 Å². The fourth-order valence-corrected chi connectivity index (χ4v) is 4.62. The second kappa shape index (κ2) is 8.36. The molecule has 3 heterocycles. The molecule has 31 heavy (non-hydrogen) atoms. The quantitative estimate of drug-likeness (QED) is 0.627. The van der Waals surface area contributed by atoms with E-state index in [1.54, 1.807) is 0 Å². The van der Waals surface area contributed by atoms with Gasteiger partial charge < -0.3 is 9.88 Å². The largest absolute Gasteiger partial charge is 0.414 e. The van der Waals surface area contributed by atoms with Gasteiger partial charge in [0.05, 0.1) is 5.57 Å². The summed E-state index contributed by atoms with van der Waals surface area (Å²) < 4.78 is 39.3. The van der Waals surface area contributed by atoms with Crippen molar-refractivity contribution in [2.24, 2.45) is 15.9 Å². The molecular formula is C24H27F3N4. The molecule has 4 rings (SSSR count). The number of nitrogens with zero attached hydrogens (tertiary/aromatic N) is 3.